The lowest BCUT2D eigenvalue weighted by atomic mass is 9.95. The van der Waals surface area contributed by atoms with E-state index in [4.69, 9.17) is 42.7 Å². The van der Waals surface area contributed by atoms with E-state index in [1.807, 2.05) is 4.90 Å². The quantitative estimate of drug-likeness (QED) is 0.0726. The number of pyridine rings is 1. The number of rotatable bonds is 13. The van der Waals surface area contributed by atoms with Gasteiger partial charge in [0.05, 0.1) is 38.8 Å². The predicted octanol–water partition coefficient (Wildman–Crippen LogP) is 10.2. The van der Waals surface area contributed by atoms with Gasteiger partial charge in [0.15, 0.2) is 12.6 Å². The maximum Gasteiger partial charge on any atom is 0.411 e. The first kappa shape index (κ1) is 44.8. The fraction of sp³-hybridized carbons (Fsp3) is 0.608. The lowest BCUT2D eigenvalue weighted by Crippen LogP contribution is -2.66. The van der Waals surface area contributed by atoms with E-state index >= 15 is 8.78 Å². The Kier molecular flexibility index (Phi) is 12.5. The Morgan fingerprint density at radius 1 is 1.00 bits per heavy atom. The average molecular weight is 948 g/mol. The van der Waals surface area contributed by atoms with Crippen LogP contribution in [0.3, 0.4) is 0 Å². The van der Waals surface area contributed by atoms with Crippen molar-refractivity contribution in [2.45, 2.75) is 140 Å². The zero-order valence-corrected chi connectivity index (χ0v) is 41.5. The predicted molar refractivity (Wildman–Crippen MR) is 257 cm³/mol. The highest BCUT2D eigenvalue weighted by molar-refractivity contribution is 6.90. The summed E-state index contributed by atoms with van der Waals surface area (Å²) in [6, 6.07) is 5.67. The zero-order valence-electron chi connectivity index (χ0n) is 43.5. The first-order valence-corrected chi connectivity index (χ1v) is 25.8. The van der Waals surface area contributed by atoms with Gasteiger partial charge in [-0.15, -0.1) is 5.54 Å². The second kappa shape index (κ2) is 18.7. The summed E-state index contributed by atoms with van der Waals surface area (Å²) in [5, 5.41) is 1.10. The molecule has 1 amide bonds. The number of anilines is 1. The number of amides is 1. The van der Waals surface area contributed by atoms with Crippen molar-refractivity contribution in [3.8, 4) is 34.5 Å². The van der Waals surface area contributed by atoms with Crippen molar-refractivity contribution in [3.05, 3.63) is 47.7 Å². The molecule has 362 valence electrons. The third kappa shape index (κ3) is 8.94. The Morgan fingerprint density at radius 3 is 2.46 bits per heavy atom. The summed E-state index contributed by atoms with van der Waals surface area (Å²) in [7, 11) is -3.66. The number of benzene rings is 2. The van der Waals surface area contributed by atoms with Gasteiger partial charge in [0, 0.05) is 57.3 Å². The second-order valence-electron chi connectivity index (χ2n) is 21.0. The number of alkyl halides is 1. The number of hydrogen-bond donors (Lipinski definition) is 0. The molecule has 16 heteroatoms. The van der Waals surface area contributed by atoms with Crippen molar-refractivity contribution < 1.29 is 45.8 Å². The molecule has 0 spiro atoms. The van der Waals surface area contributed by atoms with Crippen LogP contribution in [-0.4, -0.2) is 128 Å². The van der Waals surface area contributed by atoms with Crippen molar-refractivity contribution in [2.75, 3.05) is 65.2 Å². The van der Waals surface area contributed by atoms with Crippen LogP contribution in [0.1, 0.15) is 104 Å². The maximum atomic E-state index is 18.1. The minimum Gasteiger partial charge on any atom is -0.468 e. The molecule has 0 aliphatic carbocycles. The summed E-state index contributed by atoms with van der Waals surface area (Å²) in [5.41, 5.74) is 1.86. The van der Waals surface area contributed by atoms with E-state index in [0.29, 0.717) is 42.3 Å². The normalized spacial score (nSPS) is 24.0. The molecule has 67 heavy (non-hydrogen) atoms. The summed E-state index contributed by atoms with van der Waals surface area (Å²) in [6.45, 7) is 19.2. The summed E-state index contributed by atoms with van der Waals surface area (Å²) >= 11 is 0. The number of piperazine rings is 1. The fourth-order valence-electron chi connectivity index (χ4n) is 11.9. The molecule has 4 atom stereocenters. The molecular formula is C51H67F3N6O6Si. The highest BCUT2D eigenvalue weighted by Crippen LogP contribution is 2.46. The molecular weight excluding hydrogens is 878 g/mol. The largest absolute Gasteiger partial charge is 0.468 e. The molecule has 0 radical (unpaired) electrons. The topological polar surface area (TPSA) is 112 Å². The number of aromatic nitrogens is 3. The number of halogens is 3. The van der Waals surface area contributed by atoms with Crippen molar-refractivity contribution in [2.24, 2.45) is 0 Å². The number of hydrogen-bond acceptors (Lipinski definition) is 11. The molecule has 4 saturated heterocycles. The molecule has 8 rings (SSSR count). The van der Waals surface area contributed by atoms with Crippen LogP contribution in [0.15, 0.2) is 30.5 Å². The number of nitrogens with zero attached hydrogens (tertiary/aromatic N) is 6. The maximum absolute atomic E-state index is 18.1. The van der Waals surface area contributed by atoms with Crippen molar-refractivity contribution >= 4 is 41.7 Å². The summed E-state index contributed by atoms with van der Waals surface area (Å²) in [5.74, 6) is 2.46. The van der Waals surface area contributed by atoms with Gasteiger partial charge in [0.25, 0.3) is 0 Å². The SMILES string of the molecule is [2H]C([2H])([2H])OC[C@@]12CC[C@@H](CN(c3nc(OC[C@@]45CCCN4C[C@H](F)C5)nc4c(F)c(-c5cc(OCOC)cc6ccc(F)c(C#C[Si](C(C)C)(C(C)C)C(C)C)c56)ncc34)C1)N2C(=O)OC(C)(C)C. The highest BCUT2D eigenvalue weighted by Gasteiger charge is 2.56. The van der Waals surface area contributed by atoms with Crippen molar-refractivity contribution in [1.29, 1.82) is 0 Å². The molecule has 4 fully saturated rings. The summed E-state index contributed by atoms with van der Waals surface area (Å²) in [4.78, 5) is 34.0. The van der Waals surface area contributed by atoms with E-state index in [1.54, 1.807) is 43.9 Å². The van der Waals surface area contributed by atoms with Crippen molar-refractivity contribution in [1.82, 2.24) is 24.8 Å². The summed E-state index contributed by atoms with van der Waals surface area (Å²) in [6.07, 6.45) is 2.59. The molecule has 2 aromatic carbocycles. The van der Waals surface area contributed by atoms with Gasteiger partial charge in [0.2, 0.25) is 0 Å². The van der Waals surface area contributed by atoms with Gasteiger partial charge in [-0.05, 0) is 93.2 Å². The van der Waals surface area contributed by atoms with Crippen LogP contribution in [0, 0.1) is 23.1 Å². The number of fused-ring (bicyclic) bond motifs is 5. The molecule has 2 bridgehead atoms. The van der Waals surface area contributed by atoms with E-state index < -0.39 is 61.7 Å². The van der Waals surface area contributed by atoms with Gasteiger partial charge in [-0.1, -0.05) is 53.5 Å². The second-order valence-corrected chi connectivity index (χ2v) is 26.6. The van der Waals surface area contributed by atoms with Crippen LogP contribution in [0.25, 0.3) is 32.9 Å². The molecule has 4 aliphatic heterocycles. The third-order valence-corrected chi connectivity index (χ3v) is 21.0. The van der Waals surface area contributed by atoms with Gasteiger partial charge in [-0.2, -0.15) is 9.97 Å². The van der Waals surface area contributed by atoms with Crippen molar-refractivity contribution in [3.63, 3.8) is 0 Å². The van der Waals surface area contributed by atoms with Crippen LogP contribution in [-0.2, 0) is 14.2 Å². The lowest BCUT2D eigenvalue weighted by Gasteiger charge is -2.49. The Hall–Kier alpha value is -4.69. The minimum atomic E-state index is -2.76. The standard InChI is InChI=1S/C51H67F3N6O6Si/c1-31(2)67(32(3)4,33(5)6)20-16-38-41(53)14-13-34-21-37(65-30-63-11)22-39(42(34)38)44-43(54)45-40(24-55-44)46(57-47(56-45)64-29-50-17-12-19-59(50)25-35(52)23-50)58-26-36-15-18-51(27-58,28-62-10)60(36)48(61)66-49(7,8)9/h13-14,21-22,24,31-33,35-36H,12,15,17-19,23,25-30H2,1-11H3/t35-,36+,50+,51-/m1/s1/i10D3. The van der Waals surface area contributed by atoms with Gasteiger partial charge >= 0.3 is 12.1 Å². The zero-order chi connectivity index (χ0) is 50.7. The number of ether oxygens (including phenoxy) is 5. The van der Waals surface area contributed by atoms with Gasteiger partial charge in [0.1, 0.15) is 55.0 Å². The monoisotopic (exact) mass is 948 g/mol. The number of carbonyl (C=O) groups excluding carboxylic acids is 1. The van der Waals surface area contributed by atoms with E-state index in [-0.39, 0.29) is 95.7 Å². The van der Waals surface area contributed by atoms with Gasteiger partial charge < -0.3 is 28.6 Å². The van der Waals surface area contributed by atoms with Gasteiger partial charge in [-0.25, -0.2) is 18.0 Å². The molecule has 2 aromatic heterocycles. The third-order valence-electron chi connectivity index (χ3n) is 14.7. The molecule has 12 nitrogen and oxygen atoms in total. The first-order chi connectivity index (χ1) is 32.9. The van der Waals surface area contributed by atoms with E-state index in [2.05, 4.69) is 57.9 Å². The molecule has 0 N–H and O–H groups in total. The van der Waals surface area contributed by atoms with Crippen LogP contribution in [0.4, 0.5) is 23.8 Å². The van der Waals surface area contributed by atoms with Crippen LogP contribution in [0.5, 0.6) is 11.8 Å². The van der Waals surface area contributed by atoms with E-state index in [1.165, 1.54) is 19.4 Å². The molecule has 0 saturated carbocycles. The Balaban J connectivity index is 1.32. The fourth-order valence-corrected chi connectivity index (χ4v) is 17.1. The first-order valence-electron chi connectivity index (χ1n) is 25.1. The number of methoxy groups -OCH3 is 2. The Labute approximate surface area is 398 Å². The van der Waals surface area contributed by atoms with E-state index in [9.17, 15) is 9.18 Å². The molecule has 4 aromatic rings. The van der Waals surface area contributed by atoms with Crippen LogP contribution < -0.4 is 14.4 Å². The minimum absolute atomic E-state index is 0.0355. The Morgan fingerprint density at radius 2 is 1.76 bits per heavy atom. The average Bonchev–Trinajstić information content (AvgIpc) is 3.88. The smallest absolute Gasteiger partial charge is 0.411 e. The number of carbonyl (C=O) groups is 1. The molecule has 4 aliphatic rings. The molecule has 6 heterocycles. The van der Waals surface area contributed by atoms with Gasteiger partial charge in [-0.3, -0.25) is 14.8 Å². The Bertz CT molecular complexity index is 2680. The van der Waals surface area contributed by atoms with Crippen LogP contribution in [0.2, 0.25) is 16.6 Å². The van der Waals surface area contributed by atoms with E-state index in [0.717, 1.165) is 13.0 Å². The summed E-state index contributed by atoms with van der Waals surface area (Å²) < 4.78 is 102. The lowest BCUT2D eigenvalue weighted by molar-refractivity contribution is -0.0261. The highest BCUT2D eigenvalue weighted by atomic mass is 28.3. The van der Waals surface area contributed by atoms with Crippen LogP contribution >= 0.6 is 0 Å². The molecule has 0 unspecified atom stereocenters.